The van der Waals surface area contributed by atoms with E-state index < -0.39 is 0 Å². The second-order valence-corrected chi connectivity index (χ2v) is 8.52. The summed E-state index contributed by atoms with van der Waals surface area (Å²) in [6.45, 7) is 9.90. The van der Waals surface area contributed by atoms with E-state index in [1.54, 1.807) is 0 Å². The van der Waals surface area contributed by atoms with Crippen molar-refractivity contribution in [3.05, 3.63) is 0 Å². The minimum Gasteiger partial charge on any atom is -0.381 e. The van der Waals surface area contributed by atoms with Crippen molar-refractivity contribution in [2.24, 2.45) is 22.7 Å². The van der Waals surface area contributed by atoms with Gasteiger partial charge >= 0.3 is 0 Å². The molecular weight excluding hydrogens is 268 g/mol. The third-order valence-electron chi connectivity index (χ3n) is 7.75. The summed E-state index contributed by atoms with van der Waals surface area (Å²) in [6.07, 6.45) is 15.8. The van der Waals surface area contributed by atoms with Crippen LogP contribution in [0.3, 0.4) is 0 Å². The van der Waals surface area contributed by atoms with Gasteiger partial charge in [-0.05, 0) is 49.4 Å². The molecule has 5 atom stereocenters. The van der Waals surface area contributed by atoms with Crippen LogP contribution in [-0.2, 0) is 4.74 Å². The predicted octanol–water partition coefficient (Wildman–Crippen LogP) is 6.60. The van der Waals surface area contributed by atoms with Crippen molar-refractivity contribution in [1.29, 1.82) is 0 Å². The van der Waals surface area contributed by atoms with Crippen LogP contribution in [-0.4, -0.2) is 13.2 Å². The van der Waals surface area contributed by atoms with Crippen LogP contribution in [0, 0.1) is 22.7 Å². The van der Waals surface area contributed by atoms with Gasteiger partial charge in [0, 0.05) is 12.5 Å². The van der Waals surface area contributed by atoms with E-state index in [4.69, 9.17) is 4.74 Å². The first kappa shape index (κ1) is 18.3. The van der Waals surface area contributed by atoms with Gasteiger partial charge in [-0.1, -0.05) is 66.2 Å². The van der Waals surface area contributed by atoms with Crippen LogP contribution in [0.4, 0.5) is 0 Å². The maximum Gasteiger partial charge on any atom is 0.0632 e. The Hall–Kier alpha value is -0.0400. The Kier molecular flexibility index (Phi) is 6.39. The lowest BCUT2D eigenvalue weighted by Gasteiger charge is -2.55. The molecule has 1 heteroatoms. The quantitative estimate of drug-likeness (QED) is 0.459. The van der Waals surface area contributed by atoms with Crippen molar-refractivity contribution < 1.29 is 4.74 Å². The van der Waals surface area contributed by atoms with Crippen molar-refractivity contribution in [2.75, 3.05) is 7.11 Å². The SMILES string of the molecule is CCCCCC[C@@H](C)[C@H]1CC[C@@]2(CC)[C@@H](OC)CCC[C@]12C. The topological polar surface area (TPSA) is 9.23 Å². The third-order valence-corrected chi connectivity index (χ3v) is 7.75. The zero-order valence-electron chi connectivity index (χ0n) is 15.9. The molecule has 0 radical (unpaired) electrons. The van der Waals surface area contributed by atoms with Crippen molar-refractivity contribution >= 4 is 0 Å². The zero-order chi connectivity index (χ0) is 16.2. The van der Waals surface area contributed by atoms with Crippen LogP contribution in [0.15, 0.2) is 0 Å². The minimum absolute atomic E-state index is 0.461. The highest BCUT2D eigenvalue weighted by molar-refractivity contribution is 5.10. The van der Waals surface area contributed by atoms with E-state index in [1.807, 2.05) is 7.11 Å². The van der Waals surface area contributed by atoms with Gasteiger partial charge in [-0.15, -0.1) is 0 Å². The first-order chi connectivity index (χ1) is 10.6. The Labute approximate surface area is 139 Å². The number of hydrogen-bond donors (Lipinski definition) is 0. The number of methoxy groups -OCH3 is 1. The molecule has 0 aromatic carbocycles. The summed E-state index contributed by atoms with van der Waals surface area (Å²) in [5.41, 5.74) is 0.979. The molecule has 0 N–H and O–H groups in total. The second kappa shape index (κ2) is 7.69. The number of fused-ring (bicyclic) bond motifs is 1. The highest BCUT2D eigenvalue weighted by atomic mass is 16.5. The Balaban J connectivity index is 2.08. The summed E-state index contributed by atoms with van der Waals surface area (Å²) in [4.78, 5) is 0. The molecule has 0 bridgehead atoms. The lowest BCUT2D eigenvalue weighted by Crippen LogP contribution is -2.51. The van der Waals surface area contributed by atoms with Crippen LogP contribution >= 0.6 is 0 Å². The monoisotopic (exact) mass is 308 g/mol. The molecule has 0 aromatic heterocycles. The maximum absolute atomic E-state index is 6.01. The molecule has 1 nitrogen and oxygen atoms in total. The molecule has 0 aromatic rings. The fourth-order valence-electron chi connectivity index (χ4n) is 6.44. The van der Waals surface area contributed by atoms with Gasteiger partial charge in [-0.25, -0.2) is 0 Å². The van der Waals surface area contributed by atoms with E-state index in [2.05, 4.69) is 27.7 Å². The van der Waals surface area contributed by atoms with Crippen molar-refractivity contribution in [1.82, 2.24) is 0 Å². The van der Waals surface area contributed by atoms with Crippen LogP contribution in [0.5, 0.6) is 0 Å². The summed E-state index contributed by atoms with van der Waals surface area (Å²) < 4.78 is 6.01. The number of hydrogen-bond acceptors (Lipinski definition) is 1. The van der Waals surface area contributed by atoms with Crippen LogP contribution in [0.25, 0.3) is 0 Å². The van der Waals surface area contributed by atoms with Crippen LogP contribution < -0.4 is 0 Å². The van der Waals surface area contributed by atoms with Gasteiger partial charge in [0.15, 0.2) is 0 Å². The minimum atomic E-state index is 0.461. The van der Waals surface area contributed by atoms with E-state index in [0.717, 1.165) is 11.8 Å². The Bertz CT molecular complexity index is 339. The Morgan fingerprint density at radius 2 is 1.86 bits per heavy atom. The molecule has 2 aliphatic rings. The van der Waals surface area contributed by atoms with Crippen molar-refractivity contribution in [3.8, 4) is 0 Å². The van der Waals surface area contributed by atoms with Crippen LogP contribution in [0.2, 0.25) is 0 Å². The number of ether oxygens (including phenoxy) is 1. The molecule has 0 heterocycles. The molecule has 0 amide bonds. The van der Waals surface area contributed by atoms with Gasteiger partial charge in [-0.3, -0.25) is 0 Å². The van der Waals surface area contributed by atoms with Gasteiger partial charge in [0.1, 0.15) is 0 Å². The maximum atomic E-state index is 6.01. The highest BCUT2D eigenvalue weighted by Crippen LogP contribution is 2.67. The van der Waals surface area contributed by atoms with Crippen molar-refractivity contribution in [2.45, 2.75) is 104 Å². The van der Waals surface area contributed by atoms with E-state index >= 15 is 0 Å². The lowest BCUT2D eigenvalue weighted by atomic mass is 9.52. The molecule has 22 heavy (non-hydrogen) atoms. The summed E-state index contributed by atoms with van der Waals surface area (Å²) in [5, 5.41) is 0. The average molecular weight is 309 g/mol. The molecule has 2 rings (SSSR count). The van der Waals surface area contributed by atoms with Crippen molar-refractivity contribution in [3.63, 3.8) is 0 Å². The normalized spacial score (nSPS) is 39.7. The second-order valence-electron chi connectivity index (χ2n) is 8.52. The highest BCUT2D eigenvalue weighted by Gasteiger charge is 2.61. The Morgan fingerprint density at radius 1 is 1.09 bits per heavy atom. The van der Waals surface area contributed by atoms with Crippen LogP contribution in [0.1, 0.15) is 98.3 Å². The van der Waals surface area contributed by atoms with E-state index in [9.17, 15) is 0 Å². The average Bonchev–Trinajstić information content (AvgIpc) is 2.84. The molecule has 0 saturated heterocycles. The fraction of sp³-hybridized carbons (Fsp3) is 1.00. The molecule has 2 fully saturated rings. The van der Waals surface area contributed by atoms with E-state index in [-0.39, 0.29) is 0 Å². The molecule has 2 aliphatic carbocycles. The first-order valence-electron chi connectivity index (χ1n) is 10.1. The van der Waals surface area contributed by atoms with E-state index in [0.29, 0.717) is 16.9 Å². The smallest absolute Gasteiger partial charge is 0.0632 e. The molecule has 2 saturated carbocycles. The summed E-state index contributed by atoms with van der Waals surface area (Å²) in [6, 6.07) is 0. The molecule has 0 unspecified atom stereocenters. The standard InChI is InChI=1S/C21H40O/c1-6-8-9-10-12-17(3)18-14-16-21(7-2)19(22-5)13-11-15-20(18,21)4/h17-19H,6-16H2,1-5H3/t17-,18-,19+,20-,21+/m1/s1. The zero-order valence-corrected chi connectivity index (χ0v) is 15.9. The number of rotatable bonds is 8. The third kappa shape index (κ3) is 2.99. The summed E-state index contributed by atoms with van der Waals surface area (Å²) in [7, 11) is 1.95. The van der Waals surface area contributed by atoms with Gasteiger partial charge in [0.05, 0.1) is 6.10 Å². The largest absolute Gasteiger partial charge is 0.381 e. The number of unbranched alkanes of at least 4 members (excludes halogenated alkanes) is 3. The van der Waals surface area contributed by atoms with E-state index in [1.165, 1.54) is 70.6 Å². The molecule has 0 spiro atoms. The molecular formula is C21H40O. The molecule has 130 valence electrons. The van der Waals surface area contributed by atoms with Gasteiger partial charge in [0.2, 0.25) is 0 Å². The first-order valence-corrected chi connectivity index (χ1v) is 10.1. The Morgan fingerprint density at radius 3 is 2.50 bits per heavy atom. The summed E-state index contributed by atoms with van der Waals surface area (Å²) in [5.74, 6) is 1.82. The fourth-order valence-corrected chi connectivity index (χ4v) is 6.44. The van der Waals surface area contributed by atoms with Gasteiger partial charge < -0.3 is 4.74 Å². The van der Waals surface area contributed by atoms with Gasteiger partial charge in [0.25, 0.3) is 0 Å². The van der Waals surface area contributed by atoms with Gasteiger partial charge in [-0.2, -0.15) is 0 Å². The summed E-state index contributed by atoms with van der Waals surface area (Å²) >= 11 is 0. The lowest BCUT2D eigenvalue weighted by molar-refractivity contribution is -0.126. The predicted molar refractivity (Wildman–Crippen MR) is 96.1 cm³/mol. The molecule has 0 aliphatic heterocycles.